The van der Waals surface area contributed by atoms with Crippen LogP contribution in [0.1, 0.15) is 39.5 Å². The molecule has 64 valence electrons. The van der Waals surface area contributed by atoms with Crippen LogP contribution in [0, 0.1) is 0 Å². The molecule has 0 saturated carbocycles. The Morgan fingerprint density at radius 1 is 0.800 bits per heavy atom. The Hall–Kier alpha value is 0.580. The second-order valence-electron chi connectivity index (χ2n) is 2.09. The van der Waals surface area contributed by atoms with Crippen LogP contribution < -0.4 is 0 Å². The van der Waals surface area contributed by atoms with Gasteiger partial charge in [0.25, 0.3) is 0 Å². The zero-order valence-corrected chi connectivity index (χ0v) is 8.51. The van der Waals surface area contributed by atoms with Crippen molar-refractivity contribution in [2.75, 3.05) is 11.8 Å². The number of hydrogen-bond donors (Lipinski definition) is 0. The van der Waals surface area contributed by atoms with Gasteiger partial charge in [-0.1, -0.05) is 26.7 Å². The first-order valence-electron chi connectivity index (χ1n) is 3.95. The lowest BCUT2D eigenvalue weighted by Gasteiger charge is -1.83. The van der Waals surface area contributed by atoms with Crippen LogP contribution in [-0.2, 0) is 0 Å². The van der Waals surface area contributed by atoms with Crippen molar-refractivity contribution in [1.82, 2.24) is 0 Å². The van der Waals surface area contributed by atoms with Crippen LogP contribution in [-0.4, -0.2) is 11.8 Å². The molecule has 0 aromatic rings. The van der Waals surface area contributed by atoms with E-state index in [4.69, 9.17) is 23.2 Å². The van der Waals surface area contributed by atoms with E-state index < -0.39 is 0 Å². The van der Waals surface area contributed by atoms with Gasteiger partial charge in [-0.15, -0.1) is 23.2 Å². The number of hydrogen-bond acceptors (Lipinski definition) is 0. The van der Waals surface area contributed by atoms with Gasteiger partial charge < -0.3 is 0 Å². The quantitative estimate of drug-likeness (QED) is 0.457. The molecule has 0 aliphatic carbocycles. The molecule has 0 unspecified atom stereocenters. The summed E-state index contributed by atoms with van der Waals surface area (Å²) in [5.41, 5.74) is 0. The van der Waals surface area contributed by atoms with E-state index in [1.165, 1.54) is 12.8 Å². The lowest BCUT2D eigenvalue weighted by Crippen LogP contribution is -1.74. The van der Waals surface area contributed by atoms with Crippen molar-refractivity contribution in [3.8, 4) is 0 Å². The number of unbranched alkanes of at least 4 members (excludes halogenated alkanes) is 2. The van der Waals surface area contributed by atoms with Crippen LogP contribution in [0.2, 0.25) is 0 Å². The second-order valence-corrected chi connectivity index (χ2v) is 2.84. The van der Waals surface area contributed by atoms with Gasteiger partial charge in [0.1, 0.15) is 0 Å². The summed E-state index contributed by atoms with van der Waals surface area (Å²) in [5.74, 6) is 1.49. The highest BCUT2D eigenvalue weighted by Gasteiger charge is 1.78. The van der Waals surface area contributed by atoms with E-state index in [1.807, 2.05) is 0 Å². The maximum absolute atomic E-state index is 5.32. The van der Waals surface area contributed by atoms with Crippen molar-refractivity contribution in [2.45, 2.75) is 39.5 Å². The maximum Gasteiger partial charge on any atom is 0.0223 e. The molecular formula is C8H18Cl2. The van der Waals surface area contributed by atoms with Gasteiger partial charge in [0.2, 0.25) is 0 Å². The minimum absolute atomic E-state index is 0.743. The fourth-order valence-corrected chi connectivity index (χ4v) is 0.567. The van der Waals surface area contributed by atoms with Gasteiger partial charge in [-0.2, -0.15) is 0 Å². The first-order valence-corrected chi connectivity index (χ1v) is 5.02. The van der Waals surface area contributed by atoms with Crippen molar-refractivity contribution in [2.24, 2.45) is 0 Å². The van der Waals surface area contributed by atoms with Gasteiger partial charge in [-0.05, 0) is 12.8 Å². The molecule has 0 aromatic heterocycles. The number of rotatable bonds is 4. The fraction of sp³-hybridized carbons (Fsp3) is 1.00. The molecule has 0 atom stereocenters. The summed E-state index contributed by atoms with van der Waals surface area (Å²) < 4.78 is 0. The minimum Gasteiger partial charge on any atom is -0.127 e. The molecule has 2 heteroatoms. The summed E-state index contributed by atoms with van der Waals surface area (Å²) in [7, 11) is 0. The Kier molecular flexibility index (Phi) is 21.5. The molecule has 0 nitrogen and oxygen atoms in total. The predicted molar refractivity (Wildman–Crippen MR) is 51.3 cm³/mol. The summed E-state index contributed by atoms with van der Waals surface area (Å²) in [5, 5.41) is 0. The Bertz CT molecular complexity index is 32.2. The average Bonchev–Trinajstić information content (AvgIpc) is 2.01. The molecule has 0 rings (SSSR count). The number of halogens is 2. The molecule has 0 heterocycles. The van der Waals surface area contributed by atoms with Crippen LogP contribution in [0.5, 0.6) is 0 Å². The molecule has 0 saturated heterocycles. The molecule has 0 radical (unpaired) electrons. The predicted octanol–water partition coefficient (Wildman–Crippen LogP) is 4.05. The highest BCUT2D eigenvalue weighted by molar-refractivity contribution is 6.18. The first-order chi connectivity index (χ1) is 4.83. The topological polar surface area (TPSA) is 0 Å². The lowest BCUT2D eigenvalue weighted by atomic mass is 10.4. The third-order valence-corrected chi connectivity index (χ3v) is 1.55. The molecule has 0 aromatic carbocycles. The van der Waals surface area contributed by atoms with Gasteiger partial charge >= 0.3 is 0 Å². The Labute approximate surface area is 74.9 Å². The fourth-order valence-electron chi connectivity index (χ4n) is 0.189. The van der Waals surface area contributed by atoms with Gasteiger partial charge in [-0.25, -0.2) is 0 Å². The van der Waals surface area contributed by atoms with Crippen molar-refractivity contribution in [1.29, 1.82) is 0 Å². The van der Waals surface area contributed by atoms with E-state index in [1.54, 1.807) is 0 Å². The molecule has 10 heavy (non-hydrogen) atoms. The lowest BCUT2D eigenvalue weighted by molar-refractivity contribution is 0.886. The Morgan fingerprint density at radius 2 is 1.10 bits per heavy atom. The van der Waals surface area contributed by atoms with Crippen LogP contribution in [0.3, 0.4) is 0 Å². The normalized spacial score (nSPS) is 8.40. The molecule has 0 bridgehead atoms. The van der Waals surface area contributed by atoms with E-state index in [0.717, 1.165) is 24.6 Å². The summed E-state index contributed by atoms with van der Waals surface area (Å²) in [6.07, 6.45) is 4.73. The molecule has 0 amide bonds. The standard InChI is InChI=1S/C4H8Cl2.C4H10/c5-3-1-2-4-6;1-3-4-2/h1-4H2;3-4H2,1-2H3. The molecule has 0 fully saturated rings. The Balaban J connectivity index is 0. The molecule has 0 aliphatic rings. The third-order valence-electron chi connectivity index (χ3n) is 1.02. The zero-order chi connectivity index (χ0) is 8.24. The summed E-state index contributed by atoms with van der Waals surface area (Å²) in [6.45, 7) is 4.36. The van der Waals surface area contributed by atoms with Crippen molar-refractivity contribution < 1.29 is 0 Å². The smallest absolute Gasteiger partial charge is 0.0223 e. The van der Waals surface area contributed by atoms with Gasteiger partial charge in [0.05, 0.1) is 0 Å². The molecule has 0 N–H and O–H groups in total. The maximum atomic E-state index is 5.32. The van der Waals surface area contributed by atoms with E-state index in [0.29, 0.717) is 0 Å². The molecule has 0 spiro atoms. The van der Waals surface area contributed by atoms with Gasteiger partial charge in [0, 0.05) is 11.8 Å². The van der Waals surface area contributed by atoms with Crippen molar-refractivity contribution >= 4 is 23.2 Å². The second kappa shape index (κ2) is 16.3. The van der Waals surface area contributed by atoms with E-state index in [9.17, 15) is 0 Å². The minimum atomic E-state index is 0.743. The summed E-state index contributed by atoms with van der Waals surface area (Å²) >= 11 is 10.6. The SMILES string of the molecule is CCCC.ClCCCCCl. The average molecular weight is 185 g/mol. The highest BCUT2D eigenvalue weighted by atomic mass is 35.5. The van der Waals surface area contributed by atoms with Crippen LogP contribution >= 0.6 is 23.2 Å². The molecular weight excluding hydrogens is 167 g/mol. The van der Waals surface area contributed by atoms with Crippen molar-refractivity contribution in [3.05, 3.63) is 0 Å². The monoisotopic (exact) mass is 184 g/mol. The largest absolute Gasteiger partial charge is 0.127 e. The van der Waals surface area contributed by atoms with E-state index >= 15 is 0 Å². The summed E-state index contributed by atoms with van der Waals surface area (Å²) in [4.78, 5) is 0. The van der Waals surface area contributed by atoms with Gasteiger partial charge in [-0.3, -0.25) is 0 Å². The van der Waals surface area contributed by atoms with Gasteiger partial charge in [0.15, 0.2) is 0 Å². The van der Waals surface area contributed by atoms with Crippen LogP contribution in [0.15, 0.2) is 0 Å². The van der Waals surface area contributed by atoms with Crippen LogP contribution in [0.25, 0.3) is 0 Å². The highest BCUT2D eigenvalue weighted by Crippen LogP contribution is 1.92. The van der Waals surface area contributed by atoms with Crippen LogP contribution in [0.4, 0.5) is 0 Å². The molecule has 0 aliphatic heterocycles. The summed E-state index contributed by atoms with van der Waals surface area (Å²) in [6, 6.07) is 0. The Morgan fingerprint density at radius 3 is 1.20 bits per heavy atom. The number of alkyl halides is 2. The van der Waals surface area contributed by atoms with E-state index in [-0.39, 0.29) is 0 Å². The van der Waals surface area contributed by atoms with Crippen molar-refractivity contribution in [3.63, 3.8) is 0 Å². The van der Waals surface area contributed by atoms with E-state index in [2.05, 4.69) is 13.8 Å². The first kappa shape index (κ1) is 13.2. The third kappa shape index (κ3) is 23.5. The zero-order valence-electron chi connectivity index (χ0n) is 7.00.